The van der Waals surface area contributed by atoms with Gasteiger partial charge in [-0.3, -0.25) is 0 Å². The van der Waals surface area contributed by atoms with Crippen LogP contribution in [0, 0.1) is 0 Å². The normalized spacial score (nSPS) is 12.8. The highest BCUT2D eigenvalue weighted by atomic mass is 16.5. The third-order valence-corrected chi connectivity index (χ3v) is 3.19. The Bertz CT molecular complexity index is 422. The predicted molar refractivity (Wildman–Crippen MR) is 79.0 cm³/mol. The average Bonchev–Trinajstić information content (AvgIpc) is 2.13. The number of hydrogen-bond donors (Lipinski definition) is 1. The van der Waals surface area contributed by atoms with Gasteiger partial charge >= 0.3 is 0 Å². The fourth-order valence-electron chi connectivity index (χ4n) is 2.55. The van der Waals surface area contributed by atoms with Crippen LogP contribution in [-0.2, 0) is 22.2 Å². The smallest absolute Gasteiger partial charge is 0.0719 e. The van der Waals surface area contributed by atoms with Gasteiger partial charge in [0.1, 0.15) is 0 Å². The molecule has 0 atom stereocenters. The second-order valence-corrected chi connectivity index (χ2v) is 6.99. The molecule has 0 unspecified atom stereocenters. The van der Waals surface area contributed by atoms with E-state index < -0.39 is 0 Å². The van der Waals surface area contributed by atoms with E-state index in [4.69, 9.17) is 10.5 Å². The number of nitrogens with two attached hydrogens (primary N) is 1. The van der Waals surface area contributed by atoms with Crippen molar-refractivity contribution < 1.29 is 4.74 Å². The molecule has 0 saturated heterocycles. The van der Waals surface area contributed by atoms with E-state index in [1.165, 1.54) is 16.7 Å². The molecule has 2 heteroatoms. The van der Waals surface area contributed by atoms with Crippen LogP contribution in [0.5, 0.6) is 0 Å². The van der Waals surface area contributed by atoms with Crippen LogP contribution in [0.15, 0.2) is 12.1 Å². The molecule has 0 spiro atoms. The first-order valence-electron chi connectivity index (χ1n) is 6.50. The van der Waals surface area contributed by atoms with Crippen molar-refractivity contribution in [2.24, 2.45) is 0 Å². The SMILES string of the molecule is COCc1c(C(C)(C)C)ccc(N)c1C(C)(C)C. The van der Waals surface area contributed by atoms with Crippen molar-refractivity contribution in [1.29, 1.82) is 0 Å². The largest absolute Gasteiger partial charge is 0.398 e. The summed E-state index contributed by atoms with van der Waals surface area (Å²) in [6, 6.07) is 4.17. The van der Waals surface area contributed by atoms with Crippen molar-refractivity contribution in [3.8, 4) is 0 Å². The first kappa shape index (κ1) is 15.0. The molecule has 18 heavy (non-hydrogen) atoms. The number of nitrogen functional groups attached to an aromatic ring is 1. The van der Waals surface area contributed by atoms with Gasteiger partial charge in [-0.15, -0.1) is 0 Å². The molecule has 0 aromatic heterocycles. The number of hydrogen-bond acceptors (Lipinski definition) is 2. The third-order valence-electron chi connectivity index (χ3n) is 3.19. The van der Waals surface area contributed by atoms with E-state index in [2.05, 4.69) is 47.6 Å². The van der Waals surface area contributed by atoms with E-state index in [9.17, 15) is 0 Å². The molecular formula is C16H27NO. The summed E-state index contributed by atoms with van der Waals surface area (Å²) < 4.78 is 5.40. The lowest BCUT2D eigenvalue weighted by Crippen LogP contribution is -2.23. The van der Waals surface area contributed by atoms with Gasteiger partial charge in [-0.25, -0.2) is 0 Å². The van der Waals surface area contributed by atoms with Gasteiger partial charge in [-0.1, -0.05) is 47.6 Å². The van der Waals surface area contributed by atoms with Crippen LogP contribution in [0.2, 0.25) is 0 Å². The topological polar surface area (TPSA) is 35.2 Å². The van der Waals surface area contributed by atoms with Gasteiger partial charge in [0.05, 0.1) is 6.61 Å². The van der Waals surface area contributed by atoms with Gasteiger partial charge in [-0.05, 0) is 33.6 Å². The van der Waals surface area contributed by atoms with Gasteiger partial charge in [0.2, 0.25) is 0 Å². The minimum absolute atomic E-state index is 0.0270. The van der Waals surface area contributed by atoms with E-state index in [0.717, 1.165) is 5.69 Å². The second kappa shape index (κ2) is 4.93. The maximum Gasteiger partial charge on any atom is 0.0719 e. The number of anilines is 1. The van der Waals surface area contributed by atoms with Crippen molar-refractivity contribution >= 4 is 5.69 Å². The Morgan fingerprint density at radius 2 is 1.56 bits per heavy atom. The van der Waals surface area contributed by atoms with Gasteiger partial charge in [-0.2, -0.15) is 0 Å². The lowest BCUT2D eigenvalue weighted by Gasteiger charge is -2.31. The molecule has 0 bridgehead atoms. The monoisotopic (exact) mass is 249 g/mol. The van der Waals surface area contributed by atoms with Crippen molar-refractivity contribution in [2.45, 2.75) is 59.0 Å². The number of benzene rings is 1. The minimum atomic E-state index is 0.0270. The minimum Gasteiger partial charge on any atom is -0.398 e. The van der Waals surface area contributed by atoms with E-state index in [1.807, 2.05) is 6.07 Å². The Labute approximate surface area is 112 Å². The van der Waals surface area contributed by atoms with Gasteiger partial charge < -0.3 is 10.5 Å². The quantitative estimate of drug-likeness (QED) is 0.804. The summed E-state index contributed by atoms with van der Waals surface area (Å²) in [5.74, 6) is 0. The van der Waals surface area contributed by atoms with E-state index in [0.29, 0.717) is 6.61 Å². The maximum absolute atomic E-state index is 6.19. The van der Waals surface area contributed by atoms with Crippen LogP contribution >= 0.6 is 0 Å². The summed E-state index contributed by atoms with van der Waals surface area (Å²) in [5, 5.41) is 0. The molecule has 102 valence electrons. The molecule has 0 fully saturated rings. The van der Waals surface area contributed by atoms with Crippen molar-refractivity contribution in [3.63, 3.8) is 0 Å². The molecule has 2 N–H and O–H groups in total. The first-order valence-corrected chi connectivity index (χ1v) is 6.50. The van der Waals surface area contributed by atoms with Gasteiger partial charge in [0.15, 0.2) is 0 Å². The van der Waals surface area contributed by atoms with Crippen LogP contribution in [-0.4, -0.2) is 7.11 Å². The summed E-state index contributed by atoms with van der Waals surface area (Å²) in [6.07, 6.45) is 0. The highest BCUT2D eigenvalue weighted by molar-refractivity contribution is 5.58. The number of ether oxygens (including phenoxy) is 1. The Morgan fingerprint density at radius 1 is 1.00 bits per heavy atom. The van der Waals surface area contributed by atoms with Crippen LogP contribution < -0.4 is 5.73 Å². The Balaban J connectivity index is 3.58. The molecule has 0 aliphatic heterocycles. The molecule has 0 aliphatic carbocycles. The van der Waals surface area contributed by atoms with E-state index in [-0.39, 0.29) is 10.8 Å². The molecule has 1 aromatic carbocycles. The Morgan fingerprint density at radius 3 is 1.94 bits per heavy atom. The van der Waals surface area contributed by atoms with Crippen molar-refractivity contribution in [2.75, 3.05) is 12.8 Å². The second-order valence-electron chi connectivity index (χ2n) is 6.99. The summed E-state index contributed by atoms with van der Waals surface area (Å²) in [5.41, 5.74) is 11.0. The zero-order chi connectivity index (χ0) is 14.1. The maximum atomic E-state index is 6.19. The lowest BCUT2D eigenvalue weighted by molar-refractivity contribution is 0.181. The predicted octanol–water partition coefficient (Wildman–Crippen LogP) is 4.01. The molecule has 0 amide bonds. The Kier molecular flexibility index (Phi) is 4.12. The zero-order valence-electron chi connectivity index (χ0n) is 12.8. The molecule has 0 aliphatic rings. The fourth-order valence-corrected chi connectivity index (χ4v) is 2.55. The Hall–Kier alpha value is -1.02. The standard InChI is InChI=1S/C16H27NO/c1-15(2,3)12-8-9-13(17)14(16(4,5)6)11(12)10-18-7/h8-9H,10,17H2,1-7H3. The summed E-state index contributed by atoms with van der Waals surface area (Å²) in [4.78, 5) is 0. The van der Waals surface area contributed by atoms with Crippen molar-refractivity contribution in [3.05, 3.63) is 28.8 Å². The van der Waals surface area contributed by atoms with Crippen LogP contribution in [0.1, 0.15) is 58.2 Å². The molecule has 1 aromatic rings. The zero-order valence-corrected chi connectivity index (χ0v) is 12.8. The highest BCUT2D eigenvalue weighted by Gasteiger charge is 2.27. The summed E-state index contributed by atoms with van der Waals surface area (Å²) in [7, 11) is 1.74. The van der Waals surface area contributed by atoms with E-state index in [1.54, 1.807) is 7.11 Å². The van der Waals surface area contributed by atoms with Gasteiger partial charge in [0.25, 0.3) is 0 Å². The highest BCUT2D eigenvalue weighted by Crippen LogP contribution is 2.37. The third kappa shape index (κ3) is 3.05. The molecule has 2 nitrogen and oxygen atoms in total. The number of methoxy groups -OCH3 is 1. The summed E-state index contributed by atoms with van der Waals surface area (Å²) >= 11 is 0. The van der Waals surface area contributed by atoms with Crippen LogP contribution in [0.3, 0.4) is 0 Å². The molecule has 1 rings (SSSR count). The van der Waals surface area contributed by atoms with Crippen LogP contribution in [0.4, 0.5) is 5.69 Å². The van der Waals surface area contributed by atoms with Gasteiger partial charge in [0, 0.05) is 12.8 Å². The van der Waals surface area contributed by atoms with E-state index >= 15 is 0 Å². The number of rotatable bonds is 2. The molecule has 0 saturated carbocycles. The first-order chi connectivity index (χ1) is 8.09. The average molecular weight is 249 g/mol. The fraction of sp³-hybridized carbons (Fsp3) is 0.625. The van der Waals surface area contributed by atoms with Crippen LogP contribution in [0.25, 0.3) is 0 Å². The lowest BCUT2D eigenvalue weighted by atomic mass is 9.75. The molecular weight excluding hydrogens is 222 g/mol. The molecule has 0 radical (unpaired) electrons. The molecule has 0 heterocycles. The van der Waals surface area contributed by atoms with Crippen molar-refractivity contribution in [1.82, 2.24) is 0 Å². The summed E-state index contributed by atoms with van der Waals surface area (Å²) in [6.45, 7) is 13.9.